The Labute approximate surface area is 135 Å². The van der Waals surface area contributed by atoms with Crippen molar-refractivity contribution in [2.75, 3.05) is 6.61 Å². The summed E-state index contributed by atoms with van der Waals surface area (Å²) < 4.78 is 34.5. The fraction of sp³-hybridized carbons (Fsp3) is 0.812. The van der Waals surface area contributed by atoms with Crippen LogP contribution in [0.2, 0.25) is 0 Å². The molecule has 3 heterocycles. The van der Waals surface area contributed by atoms with E-state index in [9.17, 15) is 4.79 Å². The van der Waals surface area contributed by atoms with E-state index in [-0.39, 0.29) is 6.10 Å². The Bertz CT molecular complexity index is 513. The first-order valence-electron chi connectivity index (χ1n) is 7.77. The highest BCUT2D eigenvalue weighted by Gasteiger charge is 2.60. The molecule has 0 aromatic heterocycles. The van der Waals surface area contributed by atoms with Crippen molar-refractivity contribution >= 4 is 5.97 Å². The summed E-state index contributed by atoms with van der Waals surface area (Å²) >= 11 is 0. The molecule has 7 heteroatoms. The summed E-state index contributed by atoms with van der Waals surface area (Å²) in [5.41, 5.74) is 0.314. The lowest BCUT2D eigenvalue weighted by Crippen LogP contribution is -2.45. The number of fused-ring (bicyclic) bond motifs is 1. The Balaban J connectivity index is 1.79. The first kappa shape index (κ1) is 16.9. The van der Waals surface area contributed by atoms with Gasteiger partial charge in [0.15, 0.2) is 30.1 Å². The SMILES string of the molecule is C=C(C)C(=O)OC1C(C2COC(C)(C)O2)OC2OC(C)(C)OC21. The minimum Gasteiger partial charge on any atom is -0.453 e. The molecule has 0 spiro atoms. The molecule has 3 rings (SSSR count). The molecule has 5 unspecified atom stereocenters. The highest BCUT2D eigenvalue weighted by atomic mass is 16.8. The van der Waals surface area contributed by atoms with Crippen molar-refractivity contribution in [2.24, 2.45) is 0 Å². The molecule has 0 saturated carbocycles. The maximum absolute atomic E-state index is 12.0. The maximum Gasteiger partial charge on any atom is 0.333 e. The second-order valence-corrected chi connectivity index (χ2v) is 7.09. The highest BCUT2D eigenvalue weighted by Crippen LogP contribution is 2.42. The smallest absolute Gasteiger partial charge is 0.333 e. The van der Waals surface area contributed by atoms with Gasteiger partial charge in [0.25, 0.3) is 0 Å². The van der Waals surface area contributed by atoms with Crippen LogP contribution in [0.4, 0.5) is 0 Å². The van der Waals surface area contributed by atoms with Crippen LogP contribution in [0.3, 0.4) is 0 Å². The predicted octanol–water partition coefficient (Wildman–Crippen LogP) is 1.50. The van der Waals surface area contributed by atoms with E-state index >= 15 is 0 Å². The Morgan fingerprint density at radius 1 is 1.09 bits per heavy atom. The van der Waals surface area contributed by atoms with Gasteiger partial charge in [-0.15, -0.1) is 0 Å². The molecule has 0 aliphatic carbocycles. The predicted molar refractivity (Wildman–Crippen MR) is 78.3 cm³/mol. The maximum atomic E-state index is 12.0. The topological polar surface area (TPSA) is 72.5 Å². The third kappa shape index (κ3) is 3.29. The summed E-state index contributed by atoms with van der Waals surface area (Å²) in [6.07, 6.45) is -2.65. The van der Waals surface area contributed by atoms with E-state index in [4.69, 9.17) is 28.4 Å². The van der Waals surface area contributed by atoms with Gasteiger partial charge in [-0.25, -0.2) is 4.79 Å². The molecule has 0 N–H and O–H groups in total. The van der Waals surface area contributed by atoms with Gasteiger partial charge in [0.2, 0.25) is 0 Å². The van der Waals surface area contributed by atoms with Crippen molar-refractivity contribution in [1.82, 2.24) is 0 Å². The molecule has 130 valence electrons. The summed E-state index contributed by atoms with van der Waals surface area (Å²) in [7, 11) is 0. The van der Waals surface area contributed by atoms with Crippen LogP contribution >= 0.6 is 0 Å². The lowest BCUT2D eigenvalue weighted by Gasteiger charge is -2.28. The van der Waals surface area contributed by atoms with Gasteiger partial charge in [-0.3, -0.25) is 0 Å². The van der Waals surface area contributed by atoms with Gasteiger partial charge in [-0.2, -0.15) is 0 Å². The van der Waals surface area contributed by atoms with Gasteiger partial charge in [0.1, 0.15) is 12.2 Å². The van der Waals surface area contributed by atoms with Crippen molar-refractivity contribution in [2.45, 2.75) is 76.9 Å². The van der Waals surface area contributed by atoms with Gasteiger partial charge < -0.3 is 28.4 Å². The number of hydrogen-bond acceptors (Lipinski definition) is 7. The molecule has 3 saturated heterocycles. The van der Waals surface area contributed by atoms with E-state index in [1.54, 1.807) is 20.8 Å². The van der Waals surface area contributed by atoms with E-state index in [1.807, 2.05) is 13.8 Å². The van der Waals surface area contributed by atoms with Crippen LogP contribution in [0.1, 0.15) is 34.6 Å². The molecule has 0 amide bonds. The summed E-state index contributed by atoms with van der Waals surface area (Å²) in [5.74, 6) is -1.98. The van der Waals surface area contributed by atoms with E-state index in [1.165, 1.54) is 0 Å². The van der Waals surface area contributed by atoms with Crippen LogP contribution in [-0.2, 0) is 33.2 Å². The van der Waals surface area contributed by atoms with Gasteiger partial charge in [0, 0.05) is 5.57 Å². The van der Waals surface area contributed by atoms with E-state index in [2.05, 4.69) is 6.58 Å². The zero-order chi connectivity index (χ0) is 17.0. The van der Waals surface area contributed by atoms with Gasteiger partial charge in [-0.1, -0.05) is 6.58 Å². The molecule has 0 radical (unpaired) electrons. The lowest BCUT2D eigenvalue weighted by atomic mass is 10.1. The number of carbonyl (C=O) groups is 1. The summed E-state index contributed by atoms with van der Waals surface area (Å²) in [4.78, 5) is 12.0. The molecule has 0 aromatic carbocycles. The van der Waals surface area contributed by atoms with E-state index in [0.717, 1.165) is 0 Å². The van der Waals surface area contributed by atoms with Crippen molar-refractivity contribution in [3.05, 3.63) is 12.2 Å². The molecule has 7 nitrogen and oxygen atoms in total. The largest absolute Gasteiger partial charge is 0.453 e. The van der Waals surface area contributed by atoms with Gasteiger partial charge in [-0.05, 0) is 34.6 Å². The van der Waals surface area contributed by atoms with Crippen molar-refractivity contribution < 1.29 is 33.2 Å². The average Bonchev–Trinajstić information content (AvgIpc) is 3.01. The first-order chi connectivity index (χ1) is 10.6. The van der Waals surface area contributed by atoms with E-state index < -0.39 is 42.1 Å². The standard InChI is InChI=1S/C16H24O7/c1-8(2)13(17)19-11-10(9-7-18-15(3,4)21-9)20-14-12(11)22-16(5,6)23-14/h9-12,14H,1,7H2,2-6H3. The third-order valence-electron chi connectivity index (χ3n) is 4.02. The average molecular weight is 328 g/mol. The second kappa shape index (κ2) is 5.53. The quantitative estimate of drug-likeness (QED) is 0.574. The zero-order valence-electron chi connectivity index (χ0n) is 14.2. The molecule has 3 aliphatic heterocycles. The molecular formula is C16H24O7. The van der Waals surface area contributed by atoms with E-state index in [0.29, 0.717) is 12.2 Å². The van der Waals surface area contributed by atoms with Crippen LogP contribution in [0, 0.1) is 0 Å². The molecular weight excluding hydrogens is 304 g/mol. The van der Waals surface area contributed by atoms with Gasteiger partial charge in [0.05, 0.1) is 6.61 Å². The fourth-order valence-electron chi connectivity index (χ4n) is 3.04. The molecule has 5 atom stereocenters. The first-order valence-corrected chi connectivity index (χ1v) is 7.77. The van der Waals surface area contributed by atoms with Gasteiger partial charge >= 0.3 is 5.97 Å². The Morgan fingerprint density at radius 3 is 2.35 bits per heavy atom. The third-order valence-corrected chi connectivity index (χ3v) is 4.02. The van der Waals surface area contributed by atoms with Crippen LogP contribution < -0.4 is 0 Å². The summed E-state index contributed by atoms with van der Waals surface area (Å²) in [5, 5.41) is 0. The van der Waals surface area contributed by atoms with Crippen LogP contribution in [0.25, 0.3) is 0 Å². The highest BCUT2D eigenvalue weighted by molar-refractivity contribution is 5.87. The minimum absolute atomic E-state index is 0.314. The van der Waals surface area contributed by atoms with Crippen LogP contribution in [-0.4, -0.2) is 54.9 Å². The number of carbonyl (C=O) groups excluding carboxylic acids is 1. The molecule has 3 aliphatic rings. The minimum atomic E-state index is -0.791. The summed E-state index contributed by atoms with van der Waals surface area (Å²) in [6.45, 7) is 12.8. The number of hydrogen-bond donors (Lipinski definition) is 0. The van der Waals surface area contributed by atoms with Crippen molar-refractivity contribution in [3.63, 3.8) is 0 Å². The molecule has 3 fully saturated rings. The Morgan fingerprint density at radius 2 is 1.78 bits per heavy atom. The fourth-order valence-corrected chi connectivity index (χ4v) is 3.04. The van der Waals surface area contributed by atoms with Crippen LogP contribution in [0.15, 0.2) is 12.2 Å². The molecule has 0 aromatic rings. The Hall–Kier alpha value is -0.990. The molecule has 23 heavy (non-hydrogen) atoms. The number of esters is 1. The Kier molecular flexibility index (Phi) is 4.05. The summed E-state index contributed by atoms with van der Waals surface area (Å²) in [6, 6.07) is 0. The van der Waals surface area contributed by atoms with Crippen molar-refractivity contribution in [1.29, 1.82) is 0 Å². The molecule has 0 bridgehead atoms. The normalized spacial score (nSPS) is 40.8. The lowest BCUT2D eigenvalue weighted by molar-refractivity contribution is -0.234. The monoisotopic (exact) mass is 328 g/mol. The number of ether oxygens (including phenoxy) is 6. The van der Waals surface area contributed by atoms with Crippen molar-refractivity contribution in [3.8, 4) is 0 Å². The number of rotatable bonds is 3. The second-order valence-electron chi connectivity index (χ2n) is 7.09. The van der Waals surface area contributed by atoms with Crippen LogP contribution in [0.5, 0.6) is 0 Å². The zero-order valence-corrected chi connectivity index (χ0v) is 14.2.